The highest BCUT2D eigenvalue weighted by molar-refractivity contribution is 7.89. The van der Waals surface area contributed by atoms with Gasteiger partial charge < -0.3 is 10.2 Å². The molecular weight excluding hydrogens is 438 g/mol. The second kappa shape index (κ2) is 12.0. The van der Waals surface area contributed by atoms with E-state index in [1.165, 1.54) is 26.2 Å². The number of benzene rings is 2. The number of nitrogens with one attached hydrogen (secondary N) is 1. The minimum Gasteiger partial charge on any atom is -0.348 e. The minimum atomic E-state index is -4.06. The van der Waals surface area contributed by atoms with Crippen molar-refractivity contribution >= 4 is 21.8 Å². The molecule has 0 saturated carbocycles. The van der Waals surface area contributed by atoms with E-state index in [-0.39, 0.29) is 28.5 Å². The van der Waals surface area contributed by atoms with Crippen molar-refractivity contribution in [2.75, 3.05) is 27.2 Å². The fraction of sp³-hybridized carbons (Fsp3) is 0.440. The summed E-state index contributed by atoms with van der Waals surface area (Å²) in [6.07, 6.45) is 2.38. The van der Waals surface area contributed by atoms with Gasteiger partial charge in [-0.25, -0.2) is 12.7 Å². The molecule has 180 valence electrons. The molecule has 8 heteroatoms. The Hall–Kier alpha value is -2.71. The first-order valence-corrected chi connectivity index (χ1v) is 12.8. The Labute approximate surface area is 197 Å². The molecule has 0 bridgehead atoms. The van der Waals surface area contributed by atoms with Gasteiger partial charge in [0.1, 0.15) is 4.90 Å². The minimum absolute atomic E-state index is 0.0197. The lowest BCUT2D eigenvalue weighted by Gasteiger charge is -2.24. The standard InChI is InChI=1S/C25H35N3O4S/c1-6-15-28(16-7-2)25(30)22-14-10-13-21(23(22)33(31,32)27(4)5)24(29)26-18-20-12-9-11-19(8-3)17-20/h9-14,17H,6-8,15-16,18H2,1-5H3,(H,26,29). The quantitative estimate of drug-likeness (QED) is 0.539. The molecule has 33 heavy (non-hydrogen) atoms. The van der Waals surface area contributed by atoms with Gasteiger partial charge in [-0.3, -0.25) is 9.59 Å². The molecule has 0 aliphatic rings. The number of rotatable bonds is 11. The highest BCUT2D eigenvalue weighted by Crippen LogP contribution is 2.25. The van der Waals surface area contributed by atoms with E-state index in [9.17, 15) is 18.0 Å². The molecule has 0 heterocycles. The van der Waals surface area contributed by atoms with Gasteiger partial charge in [0.25, 0.3) is 11.8 Å². The number of carbonyl (C=O) groups excluding carboxylic acids is 2. The molecule has 0 spiro atoms. The lowest BCUT2D eigenvalue weighted by Crippen LogP contribution is -2.36. The maximum Gasteiger partial charge on any atom is 0.255 e. The van der Waals surface area contributed by atoms with Crippen LogP contribution in [0.25, 0.3) is 0 Å². The summed E-state index contributed by atoms with van der Waals surface area (Å²) in [6, 6.07) is 12.4. The molecule has 0 aliphatic carbocycles. The van der Waals surface area contributed by atoms with Crippen LogP contribution in [0.5, 0.6) is 0 Å². The third kappa shape index (κ3) is 6.42. The molecule has 0 unspecified atom stereocenters. The van der Waals surface area contributed by atoms with Crippen LogP contribution in [0.4, 0.5) is 0 Å². The molecule has 2 aromatic rings. The SMILES string of the molecule is CCCN(CCC)C(=O)c1cccc(C(=O)NCc2cccc(CC)c2)c1S(=O)(=O)N(C)C. The number of amides is 2. The predicted molar refractivity (Wildman–Crippen MR) is 131 cm³/mol. The predicted octanol–water partition coefficient (Wildman–Crippen LogP) is 3.69. The van der Waals surface area contributed by atoms with Crippen LogP contribution >= 0.6 is 0 Å². The van der Waals surface area contributed by atoms with Crippen LogP contribution in [0, 0.1) is 0 Å². The largest absolute Gasteiger partial charge is 0.348 e. The highest BCUT2D eigenvalue weighted by atomic mass is 32.2. The van der Waals surface area contributed by atoms with Crippen molar-refractivity contribution in [2.24, 2.45) is 0 Å². The average molecular weight is 474 g/mol. The molecule has 0 aliphatic heterocycles. The van der Waals surface area contributed by atoms with Crippen molar-refractivity contribution < 1.29 is 18.0 Å². The smallest absolute Gasteiger partial charge is 0.255 e. The fourth-order valence-electron chi connectivity index (χ4n) is 3.61. The molecule has 0 fully saturated rings. The van der Waals surface area contributed by atoms with Crippen molar-refractivity contribution in [1.82, 2.24) is 14.5 Å². The molecule has 0 aromatic heterocycles. The first-order valence-electron chi connectivity index (χ1n) is 11.4. The lowest BCUT2D eigenvalue weighted by molar-refractivity contribution is 0.0751. The average Bonchev–Trinajstić information content (AvgIpc) is 2.81. The second-order valence-electron chi connectivity index (χ2n) is 8.12. The molecule has 2 aromatic carbocycles. The summed E-state index contributed by atoms with van der Waals surface area (Å²) in [5.74, 6) is -0.922. The molecule has 0 saturated heterocycles. The van der Waals surface area contributed by atoms with Gasteiger partial charge in [-0.2, -0.15) is 0 Å². The summed E-state index contributed by atoms with van der Waals surface area (Å²) in [7, 11) is -1.27. The molecule has 7 nitrogen and oxygen atoms in total. The van der Waals surface area contributed by atoms with Crippen LogP contribution in [0.2, 0.25) is 0 Å². The van der Waals surface area contributed by atoms with Crippen LogP contribution in [-0.4, -0.2) is 56.6 Å². The number of aryl methyl sites for hydroxylation is 1. The van der Waals surface area contributed by atoms with Crippen LogP contribution in [0.3, 0.4) is 0 Å². The Morgan fingerprint density at radius 1 is 0.879 bits per heavy atom. The van der Waals surface area contributed by atoms with Gasteiger partial charge in [0, 0.05) is 33.7 Å². The van der Waals surface area contributed by atoms with Crippen LogP contribution in [0.15, 0.2) is 47.4 Å². The molecule has 2 rings (SSSR count). The molecule has 2 amide bonds. The Bertz CT molecular complexity index is 1070. The Balaban J connectivity index is 2.50. The third-order valence-corrected chi connectivity index (χ3v) is 7.27. The zero-order valence-corrected chi connectivity index (χ0v) is 21.0. The van der Waals surface area contributed by atoms with Crippen LogP contribution in [-0.2, 0) is 23.0 Å². The zero-order chi connectivity index (χ0) is 24.6. The summed E-state index contributed by atoms with van der Waals surface area (Å²) in [5, 5.41) is 2.82. The van der Waals surface area contributed by atoms with Crippen molar-refractivity contribution in [2.45, 2.75) is 51.5 Å². The van der Waals surface area contributed by atoms with Gasteiger partial charge in [-0.15, -0.1) is 0 Å². The van der Waals surface area contributed by atoms with Crippen LogP contribution in [0.1, 0.15) is 65.5 Å². The highest BCUT2D eigenvalue weighted by Gasteiger charge is 2.32. The molecular formula is C25H35N3O4S. The third-order valence-electron chi connectivity index (χ3n) is 5.36. The second-order valence-corrected chi connectivity index (χ2v) is 10.2. The number of nitrogens with zero attached hydrogens (tertiary/aromatic N) is 2. The van der Waals surface area contributed by atoms with E-state index in [0.717, 1.165) is 34.7 Å². The van der Waals surface area contributed by atoms with E-state index >= 15 is 0 Å². The summed E-state index contributed by atoms with van der Waals surface area (Å²) in [4.78, 5) is 27.9. The number of sulfonamides is 1. The van der Waals surface area contributed by atoms with Gasteiger partial charge in [0.2, 0.25) is 10.0 Å². The summed E-state index contributed by atoms with van der Waals surface area (Å²) in [5.41, 5.74) is 2.06. The van der Waals surface area contributed by atoms with E-state index in [0.29, 0.717) is 13.1 Å². The number of hydrogen-bond donors (Lipinski definition) is 1. The van der Waals surface area contributed by atoms with E-state index in [2.05, 4.69) is 12.2 Å². The molecule has 1 N–H and O–H groups in total. The van der Waals surface area contributed by atoms with Gasteiger partial charge in [0.15, 0.2) is 0 Å². The first kappa shape index (κ1) is 26.5. The zero-order valence-electron chi connectivity index (χ0n) is 20.2. The van der Waals surface area contributed by atoms with E-state index in [1.54, 1.807) is 11.0 Å². The van der Waals surface area contributed by atoms with Crippen molar-refractivity contribution in [3.8, 4) is 0 Å². The first-order chi connectivity index (χ1) is 15.7. The van der Waals surface area contributed by atoms with Crippen molar-refractivity contribution in [3.63, 3.8) is 0 Å². The van der Waals surface area contributed by atoms with Gasteiger partial charge >= 0.3 is 0 Å². The molecule has 0 radical (unpaired) electrons. The Morgan fingerprint density at radius 2 is 1.45 bits per heavy atom. The van der Waals surface area contributed by atoms with E-state index in [1.807, 2.05) is 38.1 Å². The maximum atomic E-state index is 13.4. The summed E-state index contributed by atoms with van der Waals surface area (Å²) in [6.45, 7) is 7.26. The lowest BCUT2D eigenvalue weighted by atomic mass is 10.1. The molecule has 0 atom stereocenters. The summed E-state index contributed by atoms with van der Waals surface area (Å²) >= 11 is 0. The Morgan fingerprint density at radius 3 is 2.03 bits per heavy atom. The Kier molecular flexibility index (Phi) is 9.61. The van der Waals surface area contributed by atoms with E-state index in [4.69, 9.17) is 0 Å². The van der Waals surface area contributed by atoms with Crippen molar-refractivity contribution in [3.05, 3.63) is 64.7 Å². The topological polar surface area (TPSA) is 86.8 Å². The number of carbonyl (C=O) groups is 2. The van der Waals surface area contributed by atoms with Gasteiger partial charge in [0.05, 0.1) is 11.1 Å². The van der Waals surface area contributed by atoms with Gasteiger partial charge in [-0.1, -0.05) is 51.1 Å². The van der Waals surface area contributed by atoms with Crippen LogP contribution < -0.4 is 5.32 Å². The van der Waals surface area contributed by atoms with Gasteiger partial charge in [-0.05, 0) is 42.5 Å². The summed E-state index contributed by atoms with van der Waals surface area (Å²) < 4.78 is 27.5. The monoisotopic (exact) mass is 473 g/mol. The maximum absolute atomic E-state index is 13.4. The number of hydrogen-bond acceptors (Lipinski definition) is 4. The fourth-order valence-corrected chi connectivity index (χ4v) is 4.84. The normalized spacial score (nSPS) is 11.5. The van der Waals surface area contributed by atoms with Crippen molar-refractivity contribution in [1.29, 1.82) is 0 Å². The van der Waals surface area contributed by atoms with E-state index < -0.39 is 15.9 Å².